The van der Waals surface area contributed by atoms with E-state index in [0.717, 1.165) is 11.3 Å². The molecule has 0 radical (unpaired) electrons. The Labute approximate surface area is 112 Å². The van der Waals surface area contributed by atoms with Gasteiger partial charge in [0.05, 0.1) is 11.3 Å². The Balaban J connectivity index is 2.17. The normalized spacial score (nSPS) is 21.7. The van der Waals surface area contributed by atoms with Crippen LogP contribution in [0.1, 0.15) is 29.3 Å². The summed E-state index contributed by atoms with van der Waals surface area (Å²) >= 11 is 0. The van der Waals surface area contributed by atoms with Gasteiger partial charge in [-0.05, 0) is 24.6 Å². The second kappa shape index (κ2) is 5.30. The summed E-state index contributed by atoms with van der Waals surface area (Å²) in [5.41, 5.74) is 1.95. The smallest absolute Gasteiger partial charge is 0.257 e. The first-order valence-corrected chi connectivity index (χ1v) is 6.32. The third-order valence-electron chi connectivity index (χ3n) is 3.50. The van der Waals surface area contributed by atoms with Crippen LogP contribution in [-0.4, -0.2) is 39.9 Å². The van der Waals surface area contributed by atoms with Crippen molar-refractivity contribution in [2.24, 2.45) is 11.1 Å². The molecule has 19 heavy (non-hydrogen) atoms. The van der Waals surface area contributed by atoms with Crippen LogP contribution in [0, 0.1) is 12.8 Å². The lowest BCUT2D eigenvalue weighted by molar-refractivity contribution is 0.0731. The molecule has 1 fully saturated rings. The summed E-state index contributed by atoms with van der Waals surface area (Å²) in [5, 5.41) is 21.9. The maximum Gasteiger partial charge on any atom is 0.257 e. The van der Waals surface area contributed by atoms with Gasteiger partial charge in [-0.3, -0.25) is 4.79 Å². The SMILES string of the molecule is Cc1ccc(C(=O)N2CC/C(=N\O)C(C)C2)c(O)c1. The molecule has 1 aromatic rings. The lowest BCUT2D eigenvalue weighted by Crippen LogP contribution is -2.43. The van der Waals surface area contributed by atoms with Crippen molar-refractivity contribution in [3.05, 3.63) is 29.3 Å². The largest absolute Gasteiger partial charge is 0.507 e. The second-order valence-corrected chi connectivity index (χ2v) is 5.01. The van der Waals surface area contributed by atoms with Crippen LogP contribution in [0.4, 0.5) is 0 Å². The fourth-order valence-corrected chi connectivity index (χ4v) is 2.35. The van der Waals surface area contributed by atoms with E-state index in [4.69, 9.17) is 5.21 Å². The number of phenolic OH excluding ortho intramolecular Hbond substituents is 1. The molecule has 1 amide bonds. The minimum absolute atomic E-state index is 0.0132. The van der Waals surface area contributed by atoms with Gasteiger partial charge < -0.3 is 15.2 Å². The Morgan fingerprint density at radius 2 is 2.21 bits per heavy atom. The number of carbonyl (C=O) groups is 1. The topological polar surface area (TPSA) is 73.1 Å². The predicted molar refractivity (Wildman–Crippen MR) is 71.7 cm³/mol. The molecule has 0 aliphatic carbocycles. The quantitative estimate of drug-likeness (QED) is 0.600. The first-order valence-electron chi connectivity index (χ1n) is 6.32. The lowest BCUT2D eigenvalue weighted by atomic mass is 9.97. The standard InChI is InChI=1S/C14H18N2O3/c1-9-3-4-11(13(17)7-9)14(18)16-6-5-12(15-19)10(2)8-16/h3-4,7,10,17,19H,5-6,8H2,1-2H3/b15-12+. The van der Waals surface area contributed by atoms with Crippen molar-refractivity contribution in [3.63, 3.8) is 0 Å². The number of likely N-dealkylation sites (tertiary alicyclic amines) is 1. The zero-order valence-electron chi connectivity index (χ0n) is 11.1. The second-order valence-electron chi connectivity index (χ2n) is 5.01. The number of hydrogen-bond donors (Lipinski definition) is 2. The molecule has 2 N–H and O–H groups in total. The average molecular weight is 262 g/mol. The number of phenols is 1. The van der Waals surface area contributed by atoms with E-state index in [1.165, 1.54) is 0 Å². The fourth-order valence-electron chi connectivity index (χ4n) is 2.35. The number of rotatable bonds is 1. The molecule has 1 atom stereocenters. The Kier molecular flexibility index (Phi) is 3.74. The van der Waals surface area contributed by atoms with E-state index >= 15 is 0 Å². The van der Waals surface area contributed by atoms with Crippen molar-refractivity contribution in [1.29, 1.82) is 0 Å². The molecule has 1 heterocycles. The van der Waals surface area contributed by atoms with Crippen LogP contribution >= 0.6 is 0 Å². The van der Waals surface area contributed by atoms with Crippen molar-refractivity contribution in [3.8, 4) is 5.75 Å². The highest BCUT2D eigenvalue weighted by Crippen LogP contribution is 2.23. The summed E-state index contributed by atoms with van der Waals surface area (Å²) in [6.07, 6.45) is 0.566. The molecule has 1 saturated heterocycles. The summed E-state index contributed by atoms with van der Waals surface area (Å²) in [5.74, 6) is -0.129. The van der Waals surface area contributed by atoms with E-state index in [9.17, 15) is 9.90 Å². The summed E-state index contributed by atoms with van der Waals surface area (Å²) < 4.78 is 0. The number of carbonyl (C=O) groups excluding carboxylic acids is 1. The monoisotopic (exact) mass is 262 g/mol. The van der Waals surface area contributed by atoms with E-state index in [2.05, 4.69) is 5.16 Å². The Hall–Kier alpha value is -2.04. The summed E-state index contributed by atoms with van der Waals surface area (Å²) in [4.78, 5) is 14.0. The Morgan fingerprint density at radius 3 is 2.79 bits per heavy atom. The van der Waals surface area contributed by atoms with Crippen LogP contribution in [0.25, 0.3) is 0 Å². The average Bonchev–Trinajstić information content (AvgIpc) is 2.38. The van der Waals surface area contributed by atoms with Gasteiger partial charge >= 0.3 is 0 Å². The van der Waals surface area contributed by atoms with Crippen LogP contribution in [0.5, 0.6) is 5.75 Å². The molecule has 5 heteroatoms. The van der Waals surface area contributed by atoms with Gasteiger partial charge in [0.25, 0.3) is 5.91 Å². The molecule has 1 unspecified atom stereocenters. The highest BCUT2D eigenvalue weighted by atomic mass is 16.4. The van der Waals surface area contributed by atoms with Crippen molar-refractivity contribution in [1.82, 2.24) is 4.90 Å². The lowest BCUT2D eigenvalue weighted by Gasteiger charge is -2.31. The number of aromatic hydroxyl groups is 1. The third-order valence-corrected chi connectivity index (χ3v) is 3.50. The third kappa shape index (κ3) is 2.70. The van der Waals surface area contributed by atoms with Crippen molar-refractivity contribution < 1.29 is 15.1 Å². The van der Waals surface area contributed by atoms with Gasteiger partial charge in [-0.25, -0.2) is 0 Å². The molecular weight excluding hydrogens is 244 g/mol. The van der Waals surface area contributed by atoms with E-state index in [0.29, 0.717) is 25.1 Å². The fraction of sp³-hybridized carbons (Fsp3) is 0.429. The van der Waals surface area contributed by atoms with Gasteiger partial charge in [0, 0.05) is 25.4 Å². The first kappa shape index (κ1) is 13.4. The molecule has 1 aliphatic rings. The highest BCUT2D eigenvalue weighted by molar-refractivity contribution is 5.98. The molecule has 5 nitrogen and oxygen atoms in total. The van der Waals surface area contributed by atoms with E-state index in [1.807, 2.05) is 13.8 Å². The van der Waals surface area contributed by atoms with E-state index in [-0.39, 0.29) is 17.6 Å². The number of benzene rings is 1. The molecule has 0 saturated carbocycles. The van der Waals surface area contributed by atoms with Crippen LogP contribution in [0.2, 0.25) is 0 Å². The molecule has 1 aromatic carbocycles. The number of oxime groups is 1. The molecule has 0 aromatic heterocycles. The van der Waals surface area contributed by atoms with Gasteiger partial charge in [0.2, 0.25) is 0 Å². The summed E-state index contributed by atoms with van der Waals surface area (Å²) in [6.45, 7) is 4.80. The number of hydrogen-bond acceptors (Lipinski definition) is 4. The van der Waals surface area contributed by atoms with E-state index < -0.39 is 0 Å². The molecule has 0 spiro atoms. The molecule has 102 valence electrons. The molecule has 0 bridgehead atoms. The zero-order chi connectivity index (χ0) is 14.0. The van der Waals surface area contributed by atoms with Crippen molar-refractivity contribution >= 4 is 11.6 Å². The van der Waals surface area contributed by atoms with Crippen LogP contribution in [0.3, 0.4) is 0 Å². The minimum atomic E-state index is -0.179. The van der Waals surface area contributed by atoms with Crippen molar-refractivity contribution in [2.75, 3.05) is 13.1 Å². The minimum Gasteiger partial charge on any atom is -0.507 e. The van der Waals surface area contributed by atoms with Gasteiger partial charge in [-0.15, -0.1) is 0 Å². The number of piperidine rings is 1. The number of nitrogens with zero attached hydrogens (tertiary/aromatic N) is 2. The van der Waals surface area contributed by atoms with Gasteiger partial charge in [0.1, 0.15) is 5.75 Å². The number of amides is 1. The van der Waals surface area contributed by atoms with Crippen LogP contribution in [0.15, 0.2) is 23.4 Å². The predicted octanol–water partition coefficient (Wildman–Crippen LogP) is 2.01. The summed E-state index contributed by atoms with van der Waals surface area (Å²) in [7, 11) is 0. The molecule has 2 rings (SSSR count). The first-order chi connectivity index (χ1) is 9.02. The van der Waals surface area contributed by atoms with Gasteiger partial charge in [0.15, 0.2) is 0 Å². The maximum atomic E-state index is 12.3. The van der Waals surface area contributed by atoms with Crippen LogP contribution < -0.4 is 0 Å². The highest BCUT2D eigenvalue weighted by Gasteiger charge is 2.27. The number of aryl methyl sites for hydroxylation is 1. The molecular formula is C14H18N2O3. The van der Waals surface area contributed by atoms with E-state index in [1.54, 1.807) is 23.1 Å². The van der Waals surface area contributed by atoms with Crippen molar-refractivity contribution in [2.45, 2.75) is 20.3 Å². The van der Waals surface area contributed by atoms with Crippen LogP contribution in [-0.2, 0) is 0 Å². The zero-order valence-corrected chi connectivity index (χ0v) is 11.1. The van der Waals surface area contributed by atoms with Gasteiger partial charge in [-0.2, -0.15) is 0 Å². The van der Waals surface area contributed by atoms with Gasteiger partial charge in [-0.1, -0.05) is 18.1 Å². The molecule has 1 aliphatic heterocycles. The Bertz CT molecular complexity index is 525. The summed E-state index contributed by atoms with van der Waals surface area (Å²) in [6, 6.07) is 5.04. The Morgan fingerprint density at radius 1 is 1.47 bits per heavy atom. The maximum absolute atomic E-state index is 12.3.